The Morgan fingerprint density at radius 1 is 1.06 bits per heavy atom. The van der Waals surface area contributed by atoms with Crippen molar-refractivity contribution in [1.82, 2.24) is 0 Å². The second-order valence-electron chi connectivity index (χ2n) is 6.78. The Kier molecular flexibility index (Phi) is 7.35. The molecule has 1 rings (SSSR count). The predicted octanol–water partition coefficient (Wildman–Crippen LogP) is 5.91. The molecule has 0 heteroatoms. The molecule has 16 heavy (non-hydrogen) atoms. The maximum Gasteiger partial charge on any atom is -0.0383 e. The highest BCUT2D eigenvalue weighted by atomic mass is 14.3. The third-order valence-electron chi connectivity index (χ3n) is 3.83. The topological polar surface area (TPSA) is 0 Å². The third kappa shape index (κ3) is 6.55. The van der Waals surface area contributed by atoms with E-state index in [-0.39, 0.29) is 0 Å². The summed E-state index contributed by atoms with van der Waals surface area (Å²) in [7, 11) is 0. The van der Waals surface area contributed by atoms with Gasteiger partial charge in [0.15, 0.2) is 0 Å². The van der Waals surface area contributed by atoms with Crippen molar-refractivity contribution in [3.05, 3.63) is 0 Å². The smallest absolute Gasteiger partial charge is 0.0383 e. The first-order valence-corrected chi connectivity index (χ1v) is 7.38. The van der Waals surface area contributed by atoms with E-state index < -0.39 is 0 Å². The van der Waals surface area contributed by atoms with Crippen LogP contribution >= 0.6 is 0 Å². The van der Waals surface area contributed by atoms with Gasteiger partial charge in [0.1, 0.15) is 0 Å². The van der Waals surface area contributed by atoms with E-state index in [1.165, 1.54) is 32.1 Å². The zero-order chi connectivity index (χ0) is 12.8. The maximum absolute atomic E-state index is 2.39. The average molecular weight is 226 g/mol. The SMILES string of the molecule is CC.CC(C)C1CCC(CCC(C)(C)C)C1. The van der Waals surface area contributed by atoms with Crippen LogP contribution in [0.15, 0.2) is 0 Å². The van der Waals surface area contributed by atoms with Crippen LogP contribution in [0.5, 0.6) is 0 Å². The Morgan fingerprint density at radius 2 is 1.62 bits per heavy atom. The lowest BCUT2D eigenvalue weighted by Crippen LogP contribution is -2.08. The summed E-state index contributed by atoms with van der Waals surface area (Å²) in [6.07, 6.45) is 7.37. The molecule has 1 aliphatic carbocycles. The van der Waals surface area contributed by atoms with Crippen LogP contribution in [0.25, 0.3) is 0 Å². The van der Waals surface area contributed by atoms with Crippen molar-refractivity contribution in [2.75, 3.05) is 0 Å². The lowest BCUT2D eigenvalue weighted by molar-refractivity contribution is 0.310. The fourth-order valence-corrected chi connectivity index (χ4v) is 2.62. The predicted molar refractivity (Wildman–Crippen MR) is 75.7 cm³/mol. The largest absolute Gasteiger partial charge is 0.0683 e. The summed E-state index contributed by atoms with van der Waals surface area (Å²) >= 11 is 0. The van der Waals surface area contributed by atoms with Crippen molar-refractivity contribution >= 4 is 0 Å². The molecule has 0 aromatic rings. The Balaban J connectivity index is 0.00000106. The Labute approximate surface area is 104 Å². The molecule has 2 atom stereocenters. The molecular formula is C16H34. The first-order chi connectivity index (χ1) is 7.38. The van der Waals surface area contributed by atoms with Gasteiger partial charge < -0.3 is 0 Å². The van der Waals surface area contributed by atoms with Gasteiger partial charge in [-0.1, -0.05) is 54.9 Å². The Morgan fingerprint density at radius 3 is 2.00 bits per heavy atom. The van der Waals surface area contributed by atoms with Gasteiger partial charge in [-0.3, -0.25) is 0 Å². The molecule has 0 amide bonds. The zero-order valence-corrected chi connectivity index (χ0v) is 12.8. The molecule has 0 N–H and O–H groups in total. The maximum atomic E-state index is 2.39. The van der Waals surface area contributed by atoms with E-state index in [2.05, 4.69) is 34.6 Å². The minimum Gasteiger partial charge on any atom is -0.0683 e. The Bertz CT molecular complexity index is 161. The molecule has 0 aromatic carbocycles. The van der Waals surface area contributed by atoms with Crippen molar-refractivity contribution in [1.29, 1.82) is 0 Å². The fourth-order valence-electron chi connectivity index (χ4n) is 2.62. The summed E-state index contributed by atoms with van der Waals surface area (Å²) in [5.74, 6) is 2.98. The van der Waals surface area contributed by atoms with Crippen LogP contribution < -0.4 is 0 Å². The molecule has 98 valence electrons. The lowest BCUT2D eigenvalue weighted by atomic mass is 9.85. The summed E-state index contributed by atoms with van der Waals surface area (Å²) in [4.78, 5) is 0. The molecule has 0 nitrogen and oxygen atoms in total. The minimum absolute atomic E-state index is 0.538. The fraction of sp³-hybridized carbons (Fsp3) is 1.00. The molecule has 0 saturated heterocycles. The van der Waals surface area contributed by atoms with Gasteiger partial charge in [-0.2, -0.15) is 0 Å². The number of rotatable bonds is 3. The third-order valence-corrected chi connectivity index (χ3v) is 3.83. The molecular weight excluding hydrogens is 192 g/mol. The van der Waals surface area contributed by atoms with Gasteiger partial charge in [0.25, 0.3) is 0 Å². The molecule has 2 unspecified atom stereocenters. The first-order valence-electron chi connectivity index (χ1n) is 7.38. The molecule has 1 aliphatic rings. The quantitative estimate of drug-likeness (QED) is 0.561. The standard InChI is InChI=1S/C14H28.C2H6/c1-11(2)13-7-6-12(10-13)8-9-14(3,4)5;1-2/h11-13H,6-10H2,1-5H3;1-2H3. The van der Waals surface area contributed by atoms with Crippen molar-refractivity contribution in [2.24, 2.45) is 23.2 Å². The minimum atomic E-state index is 0.538. The highest BCUT2D eigenvalue weighted by Gasteiger charge is 2.27. The summed E-state index contributed by atoms with van der Waals surface area (Å²) in [6.45, 7) is 15.9. The van der Waals surface area contributed by atoms with Crippen LogP contribution in [0, 0.1) is 23.2 Å². The van der Waals surface area contributed by atoms with Crippen molar-refractivity contribution in [3.8, 4) is 0 Å². The Hall–Kier alpha value is 0. The number of hydrogen-bond donors (Lipinski definition) is 0. The summed E-state index contributed by atoms with van der Waals surface area (Å²) in [5.41, 5.74) is 0.538. The first kappa shape index (κ1) is 16.0. The van der Waals surface area contributed by atoms with Crippen LogP contribution in [0.1, 0.15) is 80.6 Å². The van der Waals surface area contributed by atoms with Gasteiger partial charge in [-0.25, -0.2) is 0 Å². The zero-order valence-electron chi connectivity index (χ0n) is 12.8. The second kappa shape index (κ2) is 7.35. The summed E-state index contributed by atoms with van der Waals surface area (Å²) in [5, 5.41) is 0. The molecule has 0 radical (unpaired) electrons. The normalized spacial score (nSPS) is 25.5. The average Bonchev–Trinajstić information content (AvgIpc) is 2.65. The lowest BCUT2D eigenvalue weighted by Gasteiger charge is -2.21. The van der Waals surface area contributed by atoms with E-state index in [0.717, 1.165) is 17.8 Å². The van der Waals surface area contributed by atoms with E-state index in [1.54, 1.807) is 0 Å². The van der Waals surface area contributed by atoms with Crippen molar-refractivity contribution < 1.29 is 0 Å². The van der Waals surface area contributed by atoms with Crippen LogP contribution in [-0.2, 0) is 0 Å². The van der Waals surface area contributed by atoms with Gasteiger partial charge in [0.05, 0.1) is 0 Å². The number of hydrogen-bond acceptors (Lipinski definition) is 0. The van der Waals surface area contributed by atoms with Gasteiger partial charge in [0.2, 0.25) is 0 Å². The van der Waals surface area contributed by atoms with Gasteiger partial charge in [0, 0.05) is 0 Å². The second-order valence-corrected chi connectivity index (χ2v) is 6.78. The van der Waals surface area contributed by atoms with Crippen molar-refractivity contribution in [2.45, 2.75) is 80.6 Å². The van der Waals surface area contributed by atoms with E-state index in [1.807, 2.05) is 13.8 Å². The molecule has 0 bridgehead atoms. The summed E-state index contributed by atoms with van der Waals surface area (Å²) in [6, 6.07) is 0. The van der Waals surface area contributed by atoms with Gasteiger partial charge >= 0.3 is 0 Å². The van der Waals surface area contributed by atoms with Gasteiger partial charge in [-0.15, -0.1) is 0 Å². The van der Waals surface area contributed by atoms with Crippen LogP contribution in [0.3, 0.4) is 0 Å². The highest BCUT2D eigenvalue weighted by molar-refractivity contribution is 4.78. The summed E-state index contributed by atoms with van der Waals surface area (Å²) < 4.78 is 0. The molecule has 0 aliphatic heterocycles. The van der Waals surface area contributed by atoms with Crippen LogP contribution in [0.2, 0.25) is 0 Å². The molecule has 1 saturated carbocycles. The molecule has 0 aromatic heterocycles. The monoisotopic (exact) mass is 226 g/mol. The van der Waals surface area contributed by atoms with E-state index in [0.29, 0.717) is 5.41 Å². The van der Waals surface area contributed by atoms with Gasteiger partial charge in [-0.05, 0) is 48.9 Å². The van der Waals surface area contributed by atoms with Crippen LogP contribution in [-0.4, -0.2) is 0 Å². The van der Waals surface area contributed by atoms with E-state index in [4.69, 9.17) is 0 Å². The molecule has 0 spiro atoms. The van der Waals surface area contributed by atoms with Crippen molar-refractivity contribution in [3.63, 3.8) is 0 Å². The molecule has 0 heterocycles. The van der Waals surface area contributed by atoms with Crippen LogP contribution in [0.4, 0.5) is 0 Å². The van der Waals surface area contributed by atoms with E-state index >= 15 is 0 Å². The molecule has 1 fully saturated rings. The van der Waals surface area contributed by atoms with E-state index in [9.17, 15) is 0 Å². The highest BCUT2D eigenvalue weighted by Crippen LogP contribution is 2.39.